The van der Waals surface area contributed by atoms with Gasteiger partial charge < -0.3 is 20.5 Å². The van der Waals surface area contributed by atoms with Crippen molar-refractivity contribution in [3.05, 3.63) is 64.7 Å². The number of rotatable bonds is 8. The van der Waals surface area contributed by atoms with Gasteiger partial charge in [-0.25, -0.2) is 4.79 Å². The number of hydrogen-bond acceptors (Lipinski definition) is 4. The van der Waals surface area contributed by atoms with Crippen LogP contribution in [0.1, 0.15) is 61.9 Å². The third-order valence-corrected chi connectivity index (χ3v) is 8.67. The highest BCUT2D eigenvalue weighted by molar-refractivity contribution is 6.30. The Morgan fingerprint density at radius 1 is 1.05 bits per heavy atom. The van der Waals surface area contributed by atoms with Gasteiger partial charge in [0.2, 0.25) is 5.91 Å². The number of carboxylic acids is 1. The summed E-state index contributed by atoms with van der Waals surface area (Å²) in [5.74, 6) is 0.485. The van der Waals surface area contributed by atoms with E-state index in [1.807, 2.05) is 6.07 Å². The smallest absolute Gasteiger partial charge is 0.335 e. The molecule has 4 saturated carbocycles. The summed E-state index contributed by atoms with van der Waals surface area (Å²) in [6.07, 6.45) is 4.44. The summed E-state index contributed by atoms with van der Waals surface area (Å²) in [6.45, 7) is 3.83. The highest BCUT2D eigenvalue weighted by Gasteiger charge is 2.59. The Labute approximate surface area is 221 Å². The number of aromatic carboxylic acids is 1. The zero-order valence-corrected chi connectivity index (χ0v) is 21.9. The maximum atomic E-state index is 13.5. The average Bonchev–Trinajstić information content (AvgIpc) is 2.85. The Morgan fingerprint density at radius 2 is 1.73 bits per heavy atom. The van der Waals surface area contributed by atoms with E-state index in [0.29, 0.717) is 23.2 Å². The van der Waals surface area contributed by atoms with Gasteiger partial charge in [0.1, 0.15) is 5.75 Å². The van der Waals surface area contributed by atoms with Gasteiger partial charge >= 0.3 is 5.97 Å². The van der Waals surface area contributed by atoms with Crippen molar-refractivity contribution in [1.82, 2.24) is 10.6 Å². The van der Waals surface area contributed by atoms with Crippen LogP contribution in [-0.2, 0) is 16.1 Å². The molecule has 196 valence electrons. The molecule has 2 amide bonds. The van der Waals surface area contributed by atoms with E-state index < -0.39 is 17.0 Å². The van der Waals surface area contributed by atoms with Crippen molar-refractivity contribution < 1.29 is 24.2 Å². The summed E-state index contributed by atoms with van der Waals surface area (Å²) in [5, 5.41) is 16.2. The molecule has 6 rings (SSSR count). The van der Waals surface area contributed by atoms with Crippen LogP contribution in [0.25, 0.3) is 0 Å². The number of carbonyl (C=O) groups is 3. The average molecular weight is 525 g/mol. The summed E-state index contributed by atoms with van der Waals surface area (Å²) in [6, 6.07) is 13.7. The predicted octanol–water partition coefficient (Wildman–Crippen LogP) is 4.82. The molecule has 0 saturated heterocycles. The summed E-state index contributed by atoms with van der Waals surface area (Å²) >= 11 is 5.96. The van der Waals surface area contributed by atoms with Crippen LogP contribution in [0.15, 0.2) is 48.5 Å². The molecule has 2 aromatic carbocycles. The lowest BCUT2D eigenvalue weighted by atomic mass is 9.47. The first-order valence-electron chi connectivity index (χ1n) is 12.9. The molecule has 8 heteroatoms. The van der Waals surface area contributed by atoms with Crippen LogP contribution < -0.4 is 15.4 Å². The lowest BCUT2D eigenvalue weighted by molar-refractivity contribution is -0.152. The molecular formula is C29H33ClN2O5. The second kappa shape index (κ2) is 9.67. The Kier molecular flexibility index (Phi) is 6.69. The molecule has 7 nitrogen and oxygen atoms in total. The highest BCUT2D eigenvalue weighted by atomic mass is 35.5. The second-order valence-corrected chi connectivity index (χ2v) is 11.9. The monoisotopic (exact) mass is 524 g/mol. The maximum absolute atomic E-state index is 13.5. The molecule has 2 aromatic rings. The molecule has 2 unspecified atom stereocenters. The van der Waals surface area contributed by atoms with Gasteiger partial charge in [-0.2, -0.15) is 0 Å². The fraction of sp³-hybridized carbons (Fsp3) is 0.483. The summed E-state index contributed by atoms with van der Waals surface area (Å²) < 4.78 is 6.00. The molecule has 0 aromatic heterocycles. The summed E-state index contributed by atoms with van der Waals surface area (Å²) in [4.78, 5) is 38.0. The Bertz CT molecular complexity index is 1200. The quantitative estimate of drug-likeness (QED) is 0.459. The normalized spacial score (nSPS) is 28.0. The van der Waals surface area contributed by atoms with Crippen molar-refractivity contribution >= 4 is 29.4 Å². The lowest BCUT2D eigenvalue weighted by Crippen LogP contribution is -2.64. The topological polar surface area (TPSA) is 105 Å². The van der Waals surface area contributed by atoms with Crippen LogP contribution >= 0.6 is 11.6 Å². The van der Waals surface area contributed by atoms with Crippen molar-refractivity contribution in [2.75, 3.05) is 0 Å². The molecule has 4 fully saturated rings. The van der Waals surface area contributed by atoms with E-state index in [2.05, 4.69) is 10.6 Å². The molecule has 3 N–H and O–H groups in total. The zero-order valence-electron chi connectivity index (χ0n) is 21.1. The van der Waals surface area contributed by atoms with E-state index in [1.54, 1.807) is 56.3 Å². The van der Waals surface area contributed by atoms with Crippen LogP contribution in [0.4, 0.5) is 0 Å². The Morgan fingerprint density at radius 3 is 2.38 bits per heavy atom. The van der Waals surface area contributed by atoms with E-state index in [9.17, 15) is 19.5 Å². The van der Waals surface area contributed by atoms with E-state index in [4.69, 9.17) is 16.3 Å². The first kappa shape index (κ1) is 25.6. The minimum absolute atomic E-state index is 0.0327. The SMILES string of the molecule is CC(C)(Oc1ccc(Cl)cc1)C(=O)NC1C2CC3CC1CC(C(=O)NCc1cccc(C(=O)O)c1)(C3)C2. The number of halogens is 1. The number of ether oxygens (including phenoxy) is 1. The van der Waals surface area contributed by atoms with Crippen LogP contribution in [0.3, 0.4) is 0 Å². The number of nitrogens with one attached hydrogen (secondary N) is 2. The van der Waals surface area contributed by atoms with E-state index in [0.717, 1.165) is 37.7 Å². The largest absolute Gasteiger partial charge is 0.478 e. The number of amides is 2. The molecule has 2 atom stereocenters. The first-order valence-corrected chi connectivity index (χ1v) is 13.3. The van der Waals surface area contributed by atoms with Crippen molar-refractivity contribution in [3.8, 4) is 5.75 Å². The summed E-state index contributed by atoms with van der Waals surface area (Å²) in [5.41, 5.74) is -0.492. The standard InChI is InChI=1S/C29H33ClN2O5/c1-28(2,37-23-8-6-22(30)7-9-23)26(35)32-24-20-11-18-12-21(24)15-29(13-18,14-20)27(36)31-16-17-4-3-5-19(10-17)25(33)34/h3-10,18,20-21,24H,11-16H2,1-2H3,(H,31,36)(H,32,35)(H,33,34). The number of carboxylic acid groups (broad SMARTS) is 1. The first-order chi connectivity index (χ1) is 17.5. The van der Waals surface area contributed by atoms with Crippen LogP contribution in [0.2, 0.25) is 5.02 Å². The number of hydrogen-bond donors (Lipinski definition) is 3. The minimum atomic E-state index is -1.05. The molecule has 0 radical (unpaired) electrons. The molecule has 0 aliphatic heterocycles. The van der Waals surface area contributed by atoms with Gasteiger partial charge in [-0.1, -0.05) is 23.7 Å². The molecule has 0 heterocycles. The van der Waals surface area contributed by atoms with Gasteiger partial charge in [0.05, 0.1) is 11.0 Å². The van der Waals surface area contributed by atoms with Crippen LogP contribution in [0.5, 0.6) is 5.75 Å². The van der Waals surface area contributed by atoms with Gasteiger partial charge in [-0.05, 0) is 106 Å². The van der Waals surface area contributed by atoms with Gasteiger partial charge in [0.15, 0.2) is 5.60 Å². The van der Waals surface area contributed by atoms with Gasteiger partial charge in [-0.3, -0.25) is 9.59 Å². The molecule has 4 bridgehead atoms. The van der Waals surface area contributed by atoms with Crippen LogP contribution in [-0.4, -0.2) is 34.5 Å². The van der Waals surface area contributed by atoms with Crippen molar-refractivity contribution in [2.45, 2.75) is 64.1 Å². The van der Waals surface area contributed by atoms with E-state index >= 15 is 0 Å². The third-order valence-electron chi connectivity index (χ3n) is 8.41. The van der Waals surface area contributed by atoms with Crippen molar-refractivity contribution in [1.29, 1.82) is 0 Å². The molecule has 4 aliphatic rings. The lowest BCUT2D eigenvalue weighted by Gasteiger charge is -2.59. The van der Waals surface area contributed by atoms with Crippen LogP contribution in [0, 0.1) is 23.2 Å². The van der Waals surface area contributed by atoms with Crippen molar-refractivity contribution in [2.24, 2.45) is 23.2 Å². The van der Waals surface area contributed by atoms with Gasteiger partial charge in [0, 0.05) is 17.6 Å². The van der Waals surface area contributed by atoms with Crippen molar-refractivity contribution in [3.63, 3.8) is 0 Å². The van der Waals surface area contributed by atoms with E-state index in [-0.39, 0.29) is 35.3 Å². The maximum Gasteiger partial charge on any atom is 0.335 e. The molecule has 0 spiro atoms. The Balaban J connectivity index is 1.23. The fourth-order valence-electron chi connectivity index (χ4n) is 6.89. The minimum Gasteiger partial charge on any atom is -0.478 e. The third kappa shape index (κ3) is 5.19. The summed E-state index contributed by atoms with van der Waals surface area (Å²) in [7, 11) is 0. The number of carbonyl (C=O) groups excluding carboxylic acids is 2. The Hall–Kier alpha value is -3.06. The van der Waals surface area contributed by atoms with E-state index in [1.165, 1.54) is 0 Å². The zero-order chi connectivity index (χ0) is 26.4. The molecular weight excluding hydrogens is 492 g/mol. The predicted molar refractivity (Wildman–Crippen MR) is 139 cm³/mol. The van der Waals surface area contributed by atoms with Gasteiger partial charge in [-0.15, -0.1) is 0 Å². The highest BCUT2D eigenvalue weighted by Crippen LogP contribution is 2.60. The molecule has 4 aliphatic carbocycles. The fourth-order valence-corrected chi connectivity index (χ4v) is 7.02. The molecule has 37 heavy (non-hydrogen) atoms. The second-order valence-electron chi connectivity index (χ2n) is 11.5. The van der Waals surface area contributed by atoms with Gasteiger partial charge in [0.25, 0.3) is 5.91 Å². The number of benzene rings is 2.